The summed E-state index contributed by atoms with van der Waals surface area (Å²) in [6, 6.07) is 10.4. The number of methoxy groups -OCH3 is 1. The van der Waals surface area contributed by atoms with Crippen LogP contribution in [0.2, 0.25) is 0 Å². The van der Waals surface area contributed by atoms with Crippen molar-refractivity contribution in [2.24, 2.45) is 0 Å². The Morgan fingerprint density at radius 2 is 1.69 bits per heavy atom. The average Bonchev–Trinajstić information content (AvgIpc) is 2.72. The molecule has 0 bridgehead atoms. The Morgan fingerprint density at radius 1 is 1.03 bits per heavy atom. The molecule has 0 atom stereocenters. The molecule has 0 fully saturated rings. The molecule has 0 spiro atoms. The number of carbonyl (C=O) groups is 2. The molecule has 0 saturated carbocycles. The van der Waals surface area contributed by atoms with Crippen LogP contribution < -0.4 is 19.5 Å². The fraction of sp³-hybridized carbons (Fsp3) is 0.263. The molecule has 2 aromatic carbocycles. The number of esters is 1. The van der Waals surface area contributed by atoms with Gasteiger partial charge in [-0.2, -0.15) is 0 Å². The number of hydrogen-bond donors (Lipinski definition) is 1. The van der Waals surface area contributed by atoms with Gasteiger partial charge in [0.2, 0.25) is 0 Å². The maximum Gasteiger partial charge on any atom is 0.344 e. The van der Waals surface area contributed by atoms with E-state index in [-0.39, 0.29) is 23.7 Å². The van der Waals surface area contributed by atoms with Gasteiger partial charge in [-0.25, -0.2) is 4.79 Å². The molecule has 29 heavy (non-hydrogen) atoms. The maximum absolute atomic E-state index is 12.0. The molecular weight excluding hydrogens is 384 g/mol. The number of hydrogen-bond acceptors (Lipinski definition) is 8. The number of nitro benzene ring substituents is 1. The second kappa shape index (κ2) is 10.5. The van der Waals surface area contributed by atoms with E-state index < -0.39 is 23.4 Å². The van der Waals surface area contributed by atoms with E-state index in [1.54, 1.807) is 24.3 Å². The highest BCUT2D eigenvalue weighted by Gasteiger charge is 2.15. The van der Waals surface area contributed by atoms with E-state index in [2.05, 4.69) is 5.32 Å². The topological polar surface area (TPSA) is 126 Å². The number of nitrogens with zero attached hydrogens (tertiary/aromatic N) is 1. The SMILES string of the molecule is CCOc1ccc(OCC(=O)OCC(=O)Nc2cc([N+](=O)[O-])ccc2OC)cc1. The zero-order valence-electron chi connectivity index (χ0n) is 15.9. The van der Waals surface area contributed by atoms with Gasteiger partial charge in [0.25, 0.3) is 11.6 Å². The van der Waals surface area contributed by atoms with Crippen molar-refractivity contribution in [3.8, 4) is 17.2 Å². The molecule has 0 aromatic heterocycles. The van der Waals surface area contributed by atoms with Crippen molar-refractivity contribution in [3.05, 3.63) is 52.6 Å². The molecule has 10 nitrogen and oxygen atoms in total. The highest BCUT2D eigenvalue weighted by Crippen LogP contribution is 2.28. The number of rotatable bonds is 10. The van der Waals surface area contributed by atoms with E-state index >= 15 is 0 Å². The second-order valence-corrected chi connectivity index (χ2v) is 5.54. The average molecular weight is 404 g/mol. The predicted molar refractivity (Wildman–Crippen MR) is 102 cm³/mol. The van der Waals surface area contributed by atoms with E-state index in [9.17, 15) is 19.7 Å². The van der Waals surface area contributed by atoms with Gasteiger partial charge in [-0.1, -0.05) is 0 Å². The Bertz CT molecular complexity index is 867. The summed E-state index contributed by atoms with van der Waals surface area (Å²) in [6.45, 7) is 1.43. The Morgan fingerprint density at radius 3 is 2.28 bits per heavy atom. The van der Waals surface area contributed by atoms with Gasteiger partial charge >= 0.3 is 5.97 Å². The lowest BCUT2D eigenvalue weighted by atomic mass is 10.2. The first-order valence-corrected chi connectivity index (χ1v) is 8.56. The van der Waals surface area contributed by atoms with Crippen LogP contribution in [0, 0.1) is 10.1 Å². The summed E-state index contributed by atoms with van der Waals surface area (Å²) in [4.78, 5) is 34.0. The highest BCUT2D eigenvalue weighted by molar-refractivity contribution is 5.94. The first-order chi connectivity index (χ1) is 13.9. The normalized spacial score (nSPS) is 10.0. The van der Waals surface area contributed by atoms with Crippen LogP contribution in [-0.4, -0.2) is 43.7 Å². The van der Waals surface area contributed by atoms with Gasteiger partial charge in [0, 0.05) is 12.1 Å². The minimum atomic E-state index is -0.750. The third kappa shape index (κ3) is 6.69. The maximum atomic E-state index is 12.0. The van der Waals surface area contributed by atoms with Crippen molar-refractivity contribution in [1.29, 1.82) is 0 Å². The third-order valence-corrected chi connectivity index (χ3v) is 3.52. The number of benzene rings is 2. The molecule has 0 heterocycles. The Hall–Kier alpha value is -3.82. The molecule has 2 aromatic rings. The molecule has 0 saturated heterocycles. The Labute approximate surface area is 166 Å². The second-order valence-electron chi connectivity index (χ2n) is 5.54. The number of carbonyl (C=O) groups excluding carboxylic acids is 2. The molecule has 2 rings (SSSR count). The zero-order valence-corrected chi connectivity index (χ0v) is 15.9. The van der Waals surface area contributed by atoms with Crippen LogP contribution in [-0.2, 0) is 14.3 Å². The predicted octanol–water partition coefficient (Wildman–Crippen LogP) is 2.56. The summed E-state index contributed by atoms with van der Waals surface area (Å²) in [6.07, 6.45) is 0. The summed E-state index contributed by atoms with van der Waals surface area (Å²) in [5.41, 5.74) is -0.129. The molecule has 0 aliphatic carbocycles. The number of nitrogens with one attached hydrogen (secondary N) is 1. The third-order valence-electron chi connectivity index (χ3n) is 3.52. The fourth-order valence-electron chi connectivity index (χ4n) is 2.22. The quantitative estimate of drug-likeness (QED) is 0.364. The van der Waals surface area contributed by atoms with Crippen LogP contribution in [0.25, 0.3) is 0 Å². The minimum Gasteiger partial charge on any atom is -0.495 e. The van der Waals surface area contributed by atoms with E-state index in [1.807, 2.05) is 6.92 Å². The first-order valence-electron chi connectivity index (χ1n) is 8.56. The van der Waals surface area contributed by atoms with Crippen LogP contribution in [0.5, 0.6) is 17.2 Å². The fourth-order valence-corrected chi connectivity index (χ4v) is 2.22. The smallest absolute Gasteiger partial charge is 0.344 e. The lowest BCUT2D eigenvalue weighted by Gasteiger charge is -2.11. The molecule has 154 valence electrons. The van der Waals surface area contributed by atoms with Gasteiger partial charge in [-0.05, 0) is 37.3 Å². The van der Waals surface area contributed by atoms with Gasteiger partial charge in [-0.15, -0.1) is 0 Å². The lowest BCUT2D eigenvalue weighted by molar-refractivity contribution is -0.384. The van der Waals surface area contributed by atoms with E-state index in [0.29, 0.717) is 18.1 Å². The van der Waals surface area contributed by atoms with Gasteiger partial charge in [0.05, 0.1) is 24.3 Å². The lowest BCUT2D eigenvalue weighted by Crippen LogP contribution is -2.23. The summed E-state index contributed by atoms with van der Waals surface area (Å²) in [5.74, 6) is -0.0840. The molecule has 0 aliphatic rings. The van der Waals surface area contributed by atoms with Gasteiger partial charge in [0.1, 0.15) is 17.2 Å². The standard InChI is InChI=1S/C19H20N2O8/c1-3-27-14-5-7-15(8-6-14)28-12-19(23)29-11-18(22)20-16-10-13(21(24)25)4-9-17(16)26-2/h4-10H,3,11-12H2,1-2H3,(H,20,22). The molecule has 1 N–H and O–H groups in total. The van der Waals surface area contributed by atoms with Crippen molar-refractivity contribution >= 4 is 23.3 Å². The molecule has 10 heteroatoms. The van der Waals surface area contributed by atoms with Crippen LogP contribution >= 0.6 is 0 Å². The molecule has 1 amide bonds. The van der Waals surface area contributed by atoms with E-state index in [1.165, 1.54) is 19.2 Å². The van der Waals surface area contributed by atoms with Crippen molar-refractivity contribution in [2.75, 3.05) is 32.2 Å². The summed E-state index contributed by atoms with van der Waals surface area (Å²) < 4.78 is 20.5. The molecule has 0 aliphatic heterocycles. The van der Waals surface area contributed by atoms with E-state index in [4.69, 9.17) is 18.9 Å². The Kier molecular flexibility index (Phi) is 7.78. The molecular formula is C19H20N2O8. The number of nitro groups is 1. The van der Waals surface area contributed by atoms with Crippen molar-refractivity contribution in [3.63, 3.8) is 0 Å². The van der Waals surface area contributed by atoms with E-state index in [0.717, 1.165) is 6.07 Å². The molecule has 0 unspecified atom stereocenters. The van der Waals surface area contributed by atoms with Crippen molar-refractivity contribution in [1.82, 2.24) is 0 Å². The summed E-state index contributed by atoms with van der Waals surface area (Å²) >= 11 is 0. The number of non-ortho nitro benzene ring substituents is 1. The number of anilines is 1. The zero-order chi connectivity index (χ0) is 21.2. The van der Waals surface area contributed by atoms with Gasteiger partial charge < -0.3 is 24.3 Å². The first kappa shape index (κ1) is 21.5. The number of amides is 1. The molecule has 0 radical (unpaired) electrons. The van der Waals surface area contributed by atoms with Crippen molar-refractivity contribution < 1.29 is 33.5 Å². The number of ether oxygens (including phenoxy) is 4. The van der Waals surface area contributed by atoms with Crippen LogP contribution in [0.3, 0.4) is 0 Å². The summed E-state index contributed by atoms with van der Waals surface area (Å²) in [7, 11) is 1.36. The Balaban J connectivity index is 1.82. The summed E-state index contributed by atoms with van der Waals surface area (Å²) in [5, 5.41) is 13.3. The van der Waals surface area contributed by atoms with Gasteiger partial charge in [-0.3, -0.25) is 14.9 Å². The highest BCUT2D eigenvalue weighted by atomic mass is 16.6. The van der Waals surface area contributed by atoms with Crippen molar-refractivity contribution in [2.45, 2.75) is 6.92 Å². The van der Waals surface area contributed by atoms with Crippen LogP contribution in [0.1, 0.15) is 6.92 Å². The minimum absolute atomic E-state index is 0.0911. The monoisotopic (exact) mass is 404 g/mol. The van der Waals surface area contributed by atoms with Crippen LogP contribution in [0.4, 0.5) is 11.4 Å². The van der Waals surface area contributed by atoms with Crippen LogP contribution in [0.15, 0.2) is 42.5 Å². The largest absolute Gasteiger partial charge is 0.495 e. The van der Waals surface area contributed by atoms with Gasteiger partial charge in [0.15, 0.2) is 13.2 Å².